The maximum absolute atomic E-state index is 8.94. The summed E-state index contributed by atoms with van der Waals surface area (Å²) in [6.07, 6.45) is 0. The van der Waals surface area contributed by atoms with Crippen molar-refractivity contribution in [3.63, 3.8) is 0 Å². The molecule has 0 aromatic rings. The molecule has 0 aliphatic heterocycles. The first kappa shape index (κ1) is 10.6. The predicted molar refractivity (Wildman–Crippen MR) is 14.4 cm³/mol. The summed E-state index contributed by atoms with van der Waals surface area (Å²) < 4.78 is 11.1. The van der Waals surface area contributed by atoms with Crippen LogP contribution in [0.1, 0.15) is 0 Å². The minimum atomic E-state index is -5.20. The van der Waals surface area contributed by atoms with Crippen LogP contribution >= 0.6 is 7.82 Å². The third kappa shape index (κ3) is 10.8. The summed E-state index contributed by atoms with van der Waals surface area (Å²) >= 11 is 0. The molecule has 0 radical (unpaired) electrons. The zero-order valence-corrected chi connectivity index (χ0v) is 5.11. The van der Waals surface area contributed by atoms with E-state index in [4.69, 9.17) is 19.6 Å². The van der Waals surface area contributed by atoms with Crippen molar-refractivity contribution in [1.29, 1.82) is 0 Å². The van der Waals surface area contributed by atoms with Crippen molar-refractivity contribution >= 4 is 25.2 Å². The Morgan fingerprint density at radius 2 is 1.57 bits per heavy atom. The first-order chi connectivity index (χ1) is 2.56. The van der Waals surface area contributed by atoms with E-state index >= 15 is 0 Å². The topological polar surface area (TPSA) is 95.5 Å². The van der Waals surface area contributed by atoms with Gasteiger partial charge in [-0.15, -0.1) is 0 Å². The van der Waals surface area contributed by atoms with Crippen LogP contribution in [0.25, 0.3) is 0 Å². The van der Waals surface area contributed by atoms with Gasteiger partial charge in [0.2, 0.25) is 0 Å². The van der Waals surface area contributed by atoms with Gasteiger partial charge < -0.3 is 24.3 Å². The molecule has 0 bridgehead atoms. The summed E-state index contributed by atoms with van der Waals surface area (Å²) in [5.74, 6) is 0. The van der Waals surface area contributed by atoms with Crippen LogP contribution in [0.5, 0.6) is 0 Å². The monoisotopic (exact) mass is 138 g/mol. The van der Waals surface area contributed by atoms with Gasteiger partial charge in [0.15, 0.2) is 0 Å². The molecule has 0 rings (SSSR count). The van der Waals surface area contributed by atoms with Crippen molar-refractivity contribution in [2.24, 2.45) is 0 Å². The molecule has 0 unspecified atom stereocenters. The summed E-state index contributed by atoms with van der Waals surface area (Å²) in [6, 6.07) is 0. The molecule has 0 amide bonds. The molecule has 0 saturated carbocycles. The zero-order chi connectivity index (χ0) is 5.21. The average molecular weight is 138 g/mol. The second-order valence-corrected chi connectivity index (χ2v) is 1.57. The number of hydrogen-bond acceptors (Lipinski definition) is 5. The summed E-state index contributed by atoms with van der Waals surface area (Å²) in [4.78, 5) is 17.9. The third-order valence-corrected chi connectivity index (χ3v) is 0.274. The van der Waals surface area contributed by atoms with Gasteiger partial charge in [-0.3, -0.25) is 0 Å². The summed E-state index contributed by atoms with van der Waals surface area (Å²) in [5, 5.41) is 8.56. The summed E-state index contributed by atoms with van der Waals surface area (Å²) in [6.45, 7) is 0. The van der Waals surface area contributed by atoms with E-state index in [1.165, 1.54) is 0 Å². The quantitative estimate of drug-likeness (QED) is 0.164. The van der Waals surface area contributed by atoms with Gasteiger partial charge >= 0.3 is 17.4 Å². The zero-order valence-electron chi connectivity index (χ0n) is 3.07. The van der Waals surface area contributed by atoms with E-state index in [9.17, 15) is 0 Å². The first-order valence-electron chi connectivity index (χ1n) is 0.897. The second-order valence-electron chi connectivity index (χ2n) is 0.522. The van der Waals surface area contributed by atoms with Gasteiger partial charge in [-0.2, -0.15) is 0 Å². The van der Waals surface area contributed by atoms with E-state index in [2.05, 4.69) is 4.67 Å². The Kier molecular flexibility index (Phi) is 5.41. The van der Waals surface area contributed by atoms with E-state index in [-0.39, 0.29) is 17.4 Å². The Morgan fingerprint density at radius 3 is 1.57 bits per heavy atom. The molecule has 7 heavy (non-hydrogen) atoms. The molecule has 38 valence electrons. The molecule has 0 fully saturated rings. The van der Waals surface area contributed by atoms with Crippen LogP contribution in [0.2, 0.25) is 0 Å². The normalized spacial score (nSPS) is 10.1. The molecule has 0 saturated heterocycles. The molecule has 0 aliphatic carbocycles. The van der Waals surface area contributed by atoms with Crippen LogP contribution in [-0.4, -0.2) is 17.4 Å². The molecule has 5 nitrogen and oxygen atoms in total. The number of hydrogen-bond donors (Lipinski definition) is 0. The van der Waals surface area contributed by atoms with Crippen molar-refractivity contribution in [3.05, 3.63) is 0 Å². The molecule has 0 N–H and O–H groups in total. The fraction of sp³-hybridized carbons (Fsp3) is 0. The fourth-order valence-electron chi connectivity index (χ4n) is 0. The van der Waals surface area contributed by atoms with Crippen molar-refractivity contribution in [2.75, 3.05) is 0 Å². The summed E-state index contributed by atoms with van der Waals surface area (Å²) in [7, 11) is -5.20. The molecular formula is AlO5P. The van der Waals surface area contributed by atoms with Crippen LogP contribution in [0.4, 0.5) is 0 Å². The Labute approximate surface area is 50.2 Å². The summed E-state index contributed by atoms with van der Waals surface area (Å²) in [5.41, 5.74) is 0. The van der Waals surface area contributed by atoms with E-state index in [0.717, 1.165) is 0 Å². The van der Waals surface area contributed by atoms with Gasteiger partial charge in [-0.05, 0) is 0 Å². The maximum atomic E-state index is 8.94. The Hall–Kier alpha value is 0.602. The molecular weight excluding hydrogens is 138 g/mol. The standard InChI is InChI=1S/Al.H3O5P/c;1-5-6(2,3)4/h;1H,(H2,2,3,4)/q+3;/p-3. The third-order valence-electron chi connectivity index (χ3n) is 0.0913. The van der Waals surface area contributed by atoms with Crippen molar-refractivity contribution in [2.45, 2.75) is 0 Å². The van der Waals surface area contributed by atoms with Crippen molar-refractivity contribution < 1.29 is 24.3 Å². The van der Waals surface area contributed by atoms with E-state index in [0.29, 0.717) is 0 Å². The van der Waals surface area contributed by atoms with E-state index in [1.807, 2.05) is 0 Å². The minimum Gasteiger partial charge on any atom is -0.790 e. The van der Waals surface area contributed by atoms with Gasteiger partial charge in [-0.1, -0.05) is 0 Å². The van der Waals surface area contributed by atoms with Crippen molar-refractivity contribution in [3.8, 4) is 0 Å². The molecule has 0 spiro atoms. The van der Waals surface area contributed by atoms with Gasteiger partial charge in [-0.25, -0.2) is 0 Å². The van der Waals surface area contributed by atoms with Gasteiger partial charge in [0, 0.05) is 7.82 Å². The van der Waals surface area contributed by atoms with Crippen LogP contribution in [0.3, 0.4) is 0 Å². The Morgan fingerprint density at radius 1 is 1.43 bits per heavy atom. The molecule has 0 aliphatic rings. The number of rotatable bonds is 1. The van der Waals surface area contributed by atoms with Gasteiger partial charge in [0.25, 0.3) is 0 Å². The van der Waals surface area contributed by atoms with Crippen LogP contribution < -0.4 is 15.0 Å². The van der Waals surface area contributed by atoms with E-state index in [1.54, 1.807) is 0 Å². The largest absolute Gasteiger partial charge is 3.00 e. The molecule has 0 atom stereocenters. The average Bonchev–Trinajstić information content (AvgIpc) is 1.35. The molecule has 7 heteroatoms. The van der Waals surface area contributed by atoms with Crippen LogP contribution in [-0.2, 0) is 9.24 Å². The van der Waals surface area contributed by atoms with Gasteiger partial charge in [0.05, 0.1) is 0 Å². The van der Waals surface area contributed by atoms with E-state index < -0.39 is 7.82 Å². The van der Waals surface area contributed by atoms with Crippen LogP contribution in [0.15, 0.2) is 0 Å². The fourth-order valence-corrected chi connectivity index (χ4v) is 0. The molecule has 0 aromatic heterocycles. The molecule has 0 heterocycles. The first-order valence-corrected chi connectivity index (χ1v) is 2.36. The van der Waals surface area contributed by atoms with Gasteiger partial charge in [0.1, 0.15) is 0 Å². The number of phosphoric acid groups is 1. The smallest absolute Gasteiger partial charge is 0.790 e. The second kappa shape index (κ2) is 3.59. The minimum absolute atomic E-state index is 0. The molecule has 0 aromatic carbocycles. The maximum Gasteiger partial charge on any atom is 3.00 e. The SMILES string of the molecule is O=P([O-])([O-])O[O-].[Al+3]. The van der Waals surface area contributed by atoms with Crippen LogP contribution in [0, 0.1) is 0 Å². The Balaban J connectivity index is 0. The predicted octanol–water partition coefficient (Wildman–Crippen LogP) is -3.27. The van der Waals surface area contributed by atoms with Crippen molar-refractivity contribution in [1.82, 2.24) is 0 Å². The Bertz CT molecular complexity index is 72.1.